The van der Waals surface area contributed by atoms with Crippen LogP contribution in [0.4, 0.5) is 0 Å². The van der Waals surface area contributed by atoms with Gasteiger partial charge in [0.25, 0.3) is 0 Å². The molecule has 1 aliphatic rings. The Morgan fingerprint density at radius 3 is 2.94 bits per heavy atom. The van der Waals surface area contributed by atoms with Crippen LogP contribution in [0.2, 0.25) is 0 Å². The first-order chi connectivity index (χ1) is 8.17. The Bertz CT molecular complexity index is 334. The Kier molecular flexibility index (Phi) is 5.66. The van der Waals surface area contributed by atoms with Crippen molar-refractivity contribution < 1.29 is 14.6 Å². The number of rotatable bonds is 6. The van der Waals surface area contributed by atoms with E-state index in [1.165, 1.54) is 0 Å². The molecule has 1 aliphatic heterocycles. The second kappa shape index (κ2) is 7.04. The Hall–Kier alpha value is -1.39. The number of allylic oxidation sites excluding steroid dienone is 3. The van der Waals surface area contributed by atoms with Crippen molar-refractivity contribution in [2.24, 2.45) is 0 Å². The summed E-state index contributed by atoms with van der Waals surface area (Å²) < 4.78 is 5.66. The number of carboxylic acid groups (broad SMARTS) is 1. The van der Waals surface area contributed by atoms with Gasteiger partial charge < -0.3 is 15.2 Å². The Balaban J connectivity index is 2.38. The predicted molar refractivity (Wildman–Crippen MR) is 66.9 cm³/mol. The zero-order valence-corrected chi connectivity index (χ0v) is 10.1. The molecule has 0 spiro atoms. The van der Waals surface area contributed by atoms with Crippen LogP contribution in [0.15, 0.2) is 36.5 Å². The minimum atomic E-state index is -0.814. The number of hydrogen-bond donors (Lipinski definition) is 2. The lowest BCUT2D eigenvalue weighted by Crippen LogP contribution is -2.29. The number of aliphatic carboxylic acids is 1. The molecule has 2 N–H and O–H groups in total. The van der Waals surface area contributed by atoms with Crippen LogP contribution < -0.4 is 5.32 Å². The summed E-state index contributed by atoms with van der Waals surface area (Å²) in [6, 6.07) is -0.478. The largest absolute Gasteiger partial charge is 0.480 e. The minimum Gasteiger partial charge on any atom is -0.480 e. The van der Waals surface area contributed by atoms with Gasteiger partial charge in [-0.25, -0.2) is 0 Å². The van der Waals surface area contributed by atoms with Gasteiger partial charge in [-0.3, -0.25) is 4.79 Å². The predicted octanol–water partition coefficient (Wildman–Crippen LogP) is 1.51. The molecular formula is C13H19NO3. The van der Waals surface area contributed by atoms with Crippen molar-refractivity contribution in [1.82, 2.24) is 5.32 Å². The number of carboxylic acids is 1. The maximum atomic E-state index is 10.7. The van der Waals surface area contributed by atoms with Gasteiger partial charge in [-0.2, -0.15) is 0 Å². The molecule has 0 bridgehead atoms. The van der Waals surface area contributed by atoms with E-state index >= 15 is 0 Å². The fourth-order valence-corrected chi connectivity index (χ4v) is 1.75. The second-order valence-corrected chi connectivity index (χ2v) is 3.95. The molecular weight excluding hydrogens is 218 g/mol. The third-order valence-electron chi connectivity index (χ3n) is 2.59. The van der Waals surface area contributed by atoms with Crippen LogP contribution in [0.1, 0.15) is 13.3 Å². The molecule has 94 valence electrons. The van der Waals surface area contributed by atoms with E-state index in [4.69, 9.17) is 9.84 Å². The van der Waals surface area contributed by atoms with E-state index in [2.05, 4.69) is 11.9 Å². The molecule has 4 heteroatoms. The average molecular weight is 237 g/mol. The average Bonchev–Trinajstić information content (AvgIpc) is 2.75. The van der Waals surface area contributed by atoms with Gasteiger partial charge in [-0.1, -0.05) is 30.9 Å². The van der Waals surface area contributed by atoms with Crippen molar-refractivity contribution in [1.29, 1.82) is 0 Å². The molecule has 0 aromatic heterocycles. The highest BCUT2D eigenvalue weighted by Gasteiger charge is 2.29. The maximum Gasteiger partial charge on any atom is 0.320 e. The molecule has 1 saturated heterocycles. The number of hydrogen-bond acceptors (Lipinski definition) is 3. The summed E-state index contributed by atoms with van der Waals surface area (Å²) in [5.74, 6) is -0.814. The Labute approximate surface area is 102 Å². The standard InChI is InChI=1S/C13H19NO3/c1-3-5-10(6-4-2)9-17-11-7-12(13(15)16)14-8-11/h3-6,11-12,14H,1,7-9H2,2H3,(H,15,16). The summed E-state index contributed by atoms with van der Waals surface area (Å²) in [5, 5.41) is 11.7. The topological polar surface area (TPSA) is 58.6 Å². The number of carbonyl (C=O) groups is 1. The molecule has 4 nitrogen and oxygen atoms in total. The van der Waals surface area contributed by atoms with Crippen LogP contribution in [0.5, 0.6) is 0 Å². The summed E-state index contributed by atoms with van der Waals surface area (Å²) >= 11 is 0. The first-order valence-electron chi connectivity index (χ1n) is 5.69. The van der Waals surface area contributed by atoms with Crippen molar-refractivity contribution in [3.05, 3.63) is 36.5 Å². The van der Waals surface area contributed by atoms with E-state index in [-0.39, 0.29) is 6.10 Å². The zero-order chi connectivity index (χ0) is 12.7. The summed E-state index contributed by atoms with van der Waals surface area (Å²) in [7, 11) is 0. The highest BCUT2D eigenvalue weighted by atomic mass is 16.5. The SMILES string of the molecule is C=CC=C(C=CC)COC1CNC(C(=O)O)C1. The zero-order valence-electron chi connectivity index (χ0n) is 10.1. The summed E-state index contributed by atoms with van der Waals surface area (Å²) in [6.07, 6.45) is 7.98. The van der Waals surface area contributed by atoms with E-state index in [0.29, 0.717) is 19.6 Å². The quantitative estimate of drug-likeness (QED) is 0.687. The lowest BCUT2D eigenvalue weighted by Gasteiger charge is -2.10. The number of nitrogens with one attached hydrogen (secondary N) is 1. The molecule has 2 atom stereocenters. The van der Waals surface area contributed by atoms with E-state index in [0.717, 1.165) is 5.57 Å². The van der Waals surface area contributed by atoms with Gasteiger partial charge in [0.1, 0.15) is 6.04 Å². The molecule has 0 amide bonds. The lowest BCUT2D eigenvalue weighted by atomic mass is 10.2. The molecule has 0 aromatic rings. The molecule has 17 heavy (non-hydrogen) atoms. The van der Waals surface area contributed by atoms with Crippen molar-refractivity contribution in [2.45, 2.75) is 25.5 Å². The fourth-order valence-electron chi connectivity index (χ4n) is 1.75. The Morgan fingerprint density at radius 1 is 1.65 bits per heavy atom. The van der Waals surface area contributed by atoms with Crippen molar-refractivity contribution in [3.8, 4) is 0 Å². The van der Waals surface area contributed by atoms with Gasteiger partial charge in [-0.05, 0) is 12.5 Å². The molecule has 1 fully saturated rings. The third kappa shape index (κ3) is 4.54. The van der Waals surface area contributed by atoms with Crippen molar-refractivity contribution in [3.63, 3.8) is 0 Å². The second-order valence-electron chi connectivity index (χ2n) is 3.95. The van der Waals surface area contributed by atoms with E-state index < -0.39 is 12.0 Å². The first-order valence-corrected chi connectivity index (χ1v) is 5.69. The Morgan fingerprint density at radius 2 is 2.41 bits per heavy atom. The normalized spacial score (nSPS) is 25.4. The van der Waals surface area contributed by atoms with Crippen LogP contribution in [0.3, 0.4) is 0 Å². The molecule has 0 radical (unpaired) electrons. The van der Waals surface area contributed by atoms with E-state index in [9.17, 15) is 4.79 Å². The summed E-state index contributed by atoms with van der Waals surface area (Å²) in [4.78, 5) is 10.7. The summed E-state index contributed by atoms with van der Waals surface area (Å²) in [6.45, 7) is 6.65. The maximum absolute atomic E-state index is 10.7. The molecule has 0 saturated carbocycles. The highest BCUT2D eigenvalue weighted by molar-refractivity contribution is 5.73. The van der Waals surface area contributed by atoms with Gasteiger partial charge in [0.15, 0.2) is 0 Å². The van der Waals surface area contributed by atoms with E-state index in [1.807, 2.05) is 25.2 Å². The lowest BCUT2D eigenvalue weighted by molar-refractivity contribution is -0.139. The summed E-state index contributed by atoms with van der Waals surface area (Å²) in [5.41, 5.74) is 1.03. The van der Waals surface area contributed by atoms with Gasteiger partial charge in [-0.15, -0.1) is 0 Å². The smallest absolute Gasteiger partial charge is 0.320 e. The van der Waals surface area contributed by atoms with Crippen LogP contribution >= 0.6 is 0 Å². The molecule has 0 aliphatic carbocycles. The van der Waals surface area contributed by atoms with Crippen LogP contribution in [-0.2, 0) is 9.53 Å². The fraction of sp³-hybridized carbons (Fsp3) is 0.462. The molecule has 0 aromatic carbocycles. The molecule has 1 heterocycles. The van der Waals surface area contributed by atoms with Crippen molar-refractivity contribution in [2.75, 3.05) is 13.2 Å². The van der Waals surface area contributed by atoms with Crippen molar-refractivity contribution >= 4 is 5.97 Å². The molecule has 1 rings (SSSR count). The van der Waals surface area contributed by atoms with Crippen LogP contribution in [-0.4, -0.2) is 36.4 Å². The van der Waals surface area contributed by atoms with Gasteiger partial charge in [0.05, 0.1) is 12.7 Å². The minimum absolute atomic E-state index is 0.0328. The molecule has 2 unspecified atom stereocenters. The first kappa shape index (κ1) is 13.7. The van der Waals surface area contributed by atoms with Gasteiger partial charge in [0.2, 0.25) is 0 Å². The van der Waals surface area contributed by atoms with Crippen LogP contribution in [0, 0.1) is 0 Å². The third-order valence-corrected chi connectivity index (χ3v) is 2.59. The van der Waals surface area contributed by atoms with E-state index in [1.54, 1.807) is 6.08 Å². The van der Waals surface area contributed by atoms with Gasteiger partial charge >= 0.3 is 5.97 Å². The van der Waals surface area contributed by atoms with Crippen LogP contribution in [0.25, 0.3) is 0 Å². The number of ether oxygens (including phenoxy) is 1. The highest BCUT2D eigenvalue weighted by Crippen LogP contribution is 2.12. The monoisotopic (exact) mass is 237 g/mol. The van der Waals surface area contributed by atoms with Gasteiger partial charge in [0, 0.05) is 13.0 Å².